The lowest BCUT2D eigenvalue weighted by atomic mass is 9.82. The zero-order valence-electron chi connectivity index (χ0n) is 14.8. The van der Waals surface area contributed by atoms with Crippen molar-refractivity contribution in [3.63, 3.8) is 0 Å². The van der Waals surface area contributed by atoms with Crippen LogP contribution in [0.1, 0.15) is 51.4 Å². The third kappa shape index (κ3) is 6.25. The topological polar surface area (TPSA) is 18.5 Å². The molecule has 0 aromatic rings. The van der Waals surface area contributed by atoms with Crippen LogP contribution >= 0.6 is 0 Å². The number of hydrogen-bond acceptors (Lipinski definition) is 3. The highest BCUT2D eigenvalue weighted by molar-refractivity contribution is 4.84. The number of nitrogens with one attached hydrogen (secondary N) is 1. The summed E-state index contributed by atoms with van der Waals surface area (Å²) in [6, 6.07) is 1.61. The Morgan fingerprint density at radius 2 is 0.952 bits per heavy atom. The Balaban J connectivity index is 1.61. The highest BCUT2D eigenvalue weighted by atomic mass is 15.1. The van der Waals surface area contributed by atoms with Gasteiger partial charge in [0.05, 0.1) is 0 Å². The summed E-state index contributed by atoms with van der Waals surface area (Å²) in [6.45, 7) is 2.56. The molecule has 0 radical (unpaired) electrons. The minimum atomic E-state index is 0.804. The highest BCUT2D eigenvalue weighted by Crippen LogP contribution is 2.28. The van der Waals surface area contributed by atoms with Crippen LogP contribution in [0.25, 0.3) is 0 Å². The molecule has 2 aliphatic rings. The maximum atomic E-state index is 3.98. The summed E-state index contributed by atoms with van der Waals surface area (Å²) >= 11 is 0. The van der Waals surface area contributed by atoms with Crippen LogP contribution in [-0.2, 0) is 0 Å². The molecule has 3 heteroatoms. The SMILES string of the molecule is CN(C)CC1CCC(NC2CCC(CN(C)C)CC2)CC1. The molecule has 0 bridgehead atoms. The lowest BCUT2D eigenvalue weighted by molar-refractivity contribution is 0.195. The van der Waals surface area contributed by atoms with Gasteiger partial charge in [-0.3, -0.25) is 0 Å². The van der Waals surface area contributed by atoms with Crippen LogP contribution < -0.4 is 5.32 Å². The van der Waals surface area contributed by atoms with Crippen LogP contribution in [0.4, 0.5) is 0 Å². The smallest absolute Gasteiger partial charge is 0.00698 e. The predicted octanol–water partition coefficient (Wildman–Crippen LogP) is 2.82. The lowest BCUT2D eigenvalue weighted by Gasteiger charge is -2.36. The second-order valence-electron chi connectivity index (χ2n) is 8.13. The Morgan fingerprint density at radius 1 is 0.619 bits per heavy atom. The molecule has 2 fully saturated rings. The average molecular weight is 296 g/mol. The number of rotatable bonds is 6. The molecule has 0 heterocycles. The van der Waals surface area contributed by atoms with Crippen LogP contribution in [0.15, 0.2) is 0 Å². The standard InChI is InChI=1S/C18H37N3/c1-20(2)13-15-5-9-17(10-6-15)19-18-11-7-16(8-12-18)14-21(3)4/h15-19H,5-14H2,1-4H3. The van der Waals surface area contributed by atoms with Crippen molar-refractivity contribution in [1.29, 1.82) is 0 Å². The zero-order chi connectivity index (χ0) is 15.2. The minimum Gasteiger partial charge on any atom is -0.311 e. The second-order valence-corrected chi connectivity index (χ2v) is 8.13. The van der Waals surface area contributed by atoms with E-state index in [2.05, 4.69) is 43.3 Å². The molecule has 0 atom stereocenters. The van der Waals surface area contributed by atoms with E-state index >= 15 is 0 Å². The summed E-state index contributed by atoms with van der Waals surface area (Å²) in [5.74, 6) is 1.88. The summed E-state index contributed by atoms with van der Waals surface area (Å²) in [5.41, 5.74) is 0. The molecule has 0 aliphatic heterocycles. The molecule has 0 aromatic heterocycles. The van der Waals surface area contributed by atoms with E-state index in [4.69, 9.17) is 0 Å². The molecule has 124 valence electrons. The Morgan fingerprint density at radius 3 is 1.24 bits per heavy atom. The van der Waals surface area contributed by atoms with Gasteiger partial charge in [-0.25, -0.2) is 0 Å². The van der Waals surface area contributed by atoms with Gasteiger partial charge in [0.25, 0.3) is 0 Å². The van der Waals surface area contributed by atoms with Crippen molar-refractivity contribution in [1.82, 2.24) is 15.1 Å². The Kier molecular flexibility index (Phi) is 6.97. The zero-order valence-corrected chi connectivity index (χ0v) is 14.8. The van der Waals surface area contributed by atoms with Crippen LogP contribution in [0.2, 0.25) is 0 Å². The van der Waals surface area contributed by atoms with Crippen molar-refractivity contribution in [2.45, 2.75) is 63.5 Å². The number of hydrogen-bond donors (Lipinski definition) is 1. The van der Waals surface area contributed by atoms with Crippen molar-refractivity contribution in [3.05, 3.63) is 0 Å². The third-order valence-electron chi connectivity index (χ3n) is 5.41. The first kappa shape index (κ1) is 17.2. The van der Waals surface area contributed by atoms with E-state index in [-0.39, 0.29) is 0 Å². The highest BCUT2D eigenvalue weighted by Gasteiger charge is 2.26. The fourth-order valence-electron chi connectivity index (χ4n) is 4.39. The van der Waals surface area contributed by atoms with E-state index in [1.54, 1.807) is 0 Å². The molecule has 2 aliphatic carbocycles. The van der Waals surface area contributed by atoms with E-state index in [0.717, 1.165) is 23.9 Å². The Bertz CT molecular complexity index is 246. The summed E-state index contributed by atoms with van der Waals surface area (Å²) in [7, 11) is 8.82. The second kappa shape index (κ2) is 8.50. The third-order valence-corrected chi connectivity index (χ3v) is 5.41. The molecule has 3 nitrogen and oxygen atoms in total. The fourth-order valence-corrected chi connectivity index (χ4v) is 4.39. The molecule has 0 unspecified atom stereocenters. The van der Waals surface area contributed by atoms with E-state index in [9.17, 15) is 0 Å². The van der Waals surface area contributed by atoms with Crippen LogP contribution in [0.5, 0.6) is 0 Å². The molecule has 1 N–H and O–H groups in total. The van der Waals surface area contributed by atoms with Gasteiger partial charge in [0.2, 0.25) is 0 Å². The Labute approximate surface area is 132 Å². The van der Waals surface area contributed by atoms with Crippen LogP contribution in [0.3, 0.4) is 0 Å². The first-order valence-corrected chi connectivity index (χ1v) is 9.08. The Hall–Kier alpha value is -0.120. The van der Waals surface area contributed by atoms with E-state index in [1.165, 1.54) is 64.5 Å². The van der Waals surface area contributed by atoms with Crippen LogP contribution in [0, 0.1) is 11.8 Å². The van der Waals surface area contributed by atoms with Gasteiger partial charge in [0.1, 0.15) is 0 Å². The molecular weight excluding hydrogens is 258 g/mol. The van der Waals surface area contributed by atoms with Crippen LogP contribution in [-0.4, -0.2) is 63.2 Å². The van der Waals surface area contributed by atoms with Gasteiger partial charge in [-0.15, -0.1) is 0 Å². The van der Waals surface area contributed by atoms with Gasteiger partial charge in [-0.1, -0.05) is 0 Å². The maximum Gasteiger partial charge on any atom is 0.00698 e. The van der Waals surface area contributed by atoms with E-state index in [1.807, 2.05) is 0 Å². The molecule has 2 rings (SSSR count). The van der Waals surface area contributed by atoms with E-state index in [0.29, 0.717) is 0 Å². The van der Waals surface area contributed by atoms with Crippen molar-refractivity contribution in [3.8, 4) is 0 Å². The van der Waals surface area contributed by atoms with Gasteiger partial charge in [-0.2, -0.15) is 0 Å². The van der Waals surface area contributed by atoms with Gasteiger partial charge >= 0.3 is 0 Å². The first-order chi connectivity index (χ1) is 10.0. The molecule has 0 saturated heterocycles. The summed E-state index contributed by atoms with van der Waals surface area (Å²) in [6.07, 6.45) is 11.3. The van der Waals surface area contributed by atoms with Gasteiger partial charge in [0, 0.05) is 25.2 Å². The molecule has 2 saturated carbocycles. The molecular formula is C18H37N3. The summed E-state index contributed by atoms with van der Waals surface area (Å²) < 4.78 is 0. The molecule has 21 heavy (non-hydrogen) atoms. The van der Waals surface area contributed by atoms with Crippen molar-refractivity contribution in [2.75, 3.05) is 41.3 Å². The lowest BCUT2D eigenvalue weighted by Crippen LogP contribution is -2.43. The predicted molar refractivity (Wildman–Crippen MR) is 91.7 cm³/mol. The van der Waals surface area contributed by atoms with Crippen molar-refractivity contribution < 1.29 is 0 Å². The monoisotopic (exact) mass is 295 g/mol. The van der Waals surface area contributed by atoms with E-state index < -0.39 is 0 Å². The molecule has 0 amide bonds. The van der Waals surface area contributed by atoms with Crippen molar-refractivity contribution >= 4 is 0 Å². The first-order valence-electron chi connectivity index (χ1n) is 9.08. The quantitative estimate of drug-likeness (QED) is 0.813. The normalized spacial score (nSPS) is 34.6. The fraction of sp³-hybridized carbons (Fsp3) is 1.00. The number of nitrogens with zero attached hydrogens (tertiary/aromatic N) is 2. The largest absolute Gasteiger partial charge is 0.311 e. The van der Waals surface area contributed by atoms with Gasteiger partial charge in [-0.05, 0) is 91.4 Å². The summed E-state index contributed by atoms with van der Waals surface area (Å²) in [4.78, 5) is 4.70. The molecule has 0 spiro atoms. The maximum absolute atomic E-state index is 3.98. The summed E-state index contributed by atoms with van der Waals surface area (Å²) in [5, 5.41) is 3.98. The minimum absolute atomic E-state index is 0.804. The van der Waals surface area contributed by atoms with Gasteiger partial charge < -0.3 is 15.1 Å². The van der Waals surface area contributed by atoms with Gasteiger partial charge in [0.15, 0.2) is 0 Å². The average Bonchev–Trinajstić information content (AvgIpc) is 2.42. The van der Waals surface area contributed by atoms with Crippen molar-refractivity contribution in [2.24, 2.45) is 11.8 Å². The molecule has 0 aromatic carbocycles.